The van der Waals surface area contributed by atoms with Crippen LogP contribution in [0.2, 0.25) is 10.0 Å². The molecule has 0 heterocycles. The summed E-state index contributed by atoms with van der Waals surface area (Å²) in [6.07, 6.45) is 0. The second-order valence-corrected chi connectivity index (χ2v) is 6.35. The second kappa shape index (κ2) is 8.94. The fourth-order valence-corrected chi connectivity index (χ4v) is 2.97. The lowest BCUT2D eigenvalue weighted by Gasteiger charge is -2.14. The van der Waals surface area contributed by atoms with E-state index in [2.05, 4.69) is 5.32 Å². The number of hydrogen-bond donors (Lipinski definition) is 2. The van der Waals surface area contributed by atoms with Gasteiger partial charge in [0.2, 0.25) is 0 Å². The highest BCUT2D eigenvalue weighted by Crippen LogP contribution is 2.29. The van der Waals surface area contributed by atoms with Crippen molar-refractivity contribution in [3.63, 3.8) is 0 Å². The number of ether oxygens (including phenoxy) is 2. The molecular formula is C18H21Cl2N2O3+. The van der Waals surface area contributed by atoms with Crippen LogP contribution in [0.4, 0.5) is 5.69 Å². The van der Waals surface area contributed by atoms with Crippen molar-refractivity contribution < 1.29 is 19.6 Å². The van der Waals surface area contributed by atoms with Crippen molar-refractivity contribution in [2.75, 3.05) is 26.1 Å². The summed E-state index contributed by atoms with van der Waals surface area (Å²) in [6.45, 7) is 2.23. The number of amides is 1. The first-order chi connectivity index (χ1) is 11.9. The molecule has 2 rings (SSSR count). The highest BCUT2D eigenvalue weighted by atomic mass is 35.5. The smallest absolute Gasteiger partial charge is 0.279 e. The molecule has 3 N–H and O–H groups in total. The van der Waals surface area contributed by atoms with Crippen molar-refractivity contribution in [2.24, 2.45) is 0 Å². The summed E-state index contributed by atoms with van der Waals surface area (Å²) in [5.41, 5.74) is 1.53. The third-order valence-corrected chi connectivity index (χ3v) is 4.36. The minimum absolute atomic E-state index is 0.0216. The van der Waals surface area contributed by atoms with Gasteiger partial charge in [-0.15, -0.1) is 0 Å². The van der Waals surface area contributed by atoms with Gasteiger partial charge in [-0.1, -0.05) is 29.3 Å². The molecule has 0 aromatic heterocycles. The highest BCUT2D eigenvalue weighted by Gasteiger charge is 2.16. The highest BCUT2D eigenvalue weighted by molar-refractivity contribution is 6.35. The van der Waals surface area contributed by atoms with E-state index in [9.17, 15) is 4.79 Å². The van der Waals surface area contributed by atoms with Crippen LogP contribution in [0.25, 0.3) is 0 Å². The van der Waals surface area contributed by atoms with Gasteiger partial charge in [-0.3, -0.25) is 4.79 Å². The average Bonchev–Trinajstić information content (AvgIpc) is 2.60. The first-order valence-electron chi connectivity index (χ1n) is 7.74. The third kappa shape index (κ3) is 5.26. The largest absolute Gasteiger partial charge is 0.497 e. The summed E-state index contributed by atoms with van der Waals surface area (Å²) < 4.78 is 10.4. The normalized spacial score (nSPS) is 11.7. The Morgan fingerprint density at radius 1 is 1.16 bits per heavy atom. The quantitative estimate of drug-likeness (QED) is 0.770. The van der Waals surface area contributed by atoms with Crippen LogP contribution in [0.3, 0.4) is 0 Å². The summed E-state index contributed by atoms with van der Waals surface area (Å²) in [5.74, 6) is 1.06. The summed E-state index contributed by atoms with van der Waals surface area (Å²) in [6, 6.07) is 10.6. The van der Waals surface area contributed by atoms with Crippen LogP contribution in [0.15, 0.2) is 36.4 Å². The Hall–Kier alpha value is -1.95. The lowest BCUT2D eigenvalue weighted by Crippen LogP contribution is -2.86. The van der Waals surface area contributed by atoms with Crippen LogP contribution >= 0.6 is 23.2 Å². The number of rotatable bonds is 7. The van der Waals surface area contributed by atoms with Crippen LogP contribution in [-0.4, -0.2) is 26.7 Å². The van der Waals surface area contributed by atoms with E-state index in [1.165, 1.54) is 0 Å². The molecule has 0 bridgehead atoms. The van der Waals surface area contributed by atoms with Crippen molar-refractivity contribution in [2.45, 2.75) is 13.0 Å². The molecule has 25 heavy (non-hydrogen) atoms. The molecule has 1 amide bonds. The van der Waals surface area contributed by atoms with Crippen molar-refractivity contribution in [1.82, 2.24) is 0 Å². The van der Waals surface area contributed by atoms with E-state index in [1.807, 2.05) is 18.3 Å². The van der Waals surface area contributed by atoms with Gasteiger partial charge in [0, 0.05) is 16.7 Å². The molecule has 0 fully saturated rings. The Morgan fingerprint density at radius 3 is 2.56 bits per heavy atom. The standard InChI is InChI=1S/C18H20Cl2N2O3/c1-11(14-6-4-12(19)8-15(14)20)21-10-18(23)22-16-7-5-13(24-2)9-17(16)25-3/h4-9,11,21H,10H2,1-3H3,(H,22,23)/p+1/t11-/m0/s1. The van der Waals surface area contributed by atoms with Gasteiger partial charge in [0.05, 0.1) is 24.9 Å². The third-order valence-electron chi connectivity index (χ3n) is 3.79. The maximum Gasteiger partial charge on any atom is 0.279 e. The average molecular weight is 384 g/mol. The fraction of sp³-hybridized carbons (Fsp3) is 0.278. The van der Waals surface area contributed by atoms with Gasteiger partial charge in [-0.05, 0) is 31.2 Å². The number of hydrogen-bond acceptors (Lipinski definition) is 3. The second-order valence-electron chi connectivity index (χ2n) is 5.51. The SMILES string of the molecule is COc1ccc(NC(=O)C[NH2+][C@@H](C)c2ccc(Cl)cc2Cl)c(OC)c1. The predicted molar refractivity (Wildman–Crippen MR) is 99.8 cm³/mol. The number of carbonyl (C=O) groups is 1. The minimum Gasteiger partial charge on any atom is -0.497 e. The van der Waals surface area contributed by atoms with Gasteiger partial charge >= 0.3 is 0 Å². The Morgan fingerprint density at radius 2 is 1.92 bits per heavy atom. The Balaban J connectivity index is 1.96. The number of benzene rings is 2. The molecule has 0 aliphatic carbocycles. The van der Waals surface area contributed by atoms with Gasteiger partial charge in [0.1, 0.15) is 17.5 Å². The monoisotopic (exact) mass is 383 g/mol. The minimum atomic E-state index is -0.139. The molecule has 0 saturated heterocycles. The van der Waals surface area contributed by atoms with E-state index >= 15 is 0 Å². The van der Waals surface area contributed by atoms with E-state index in [4.69, 9.17) is 32.7 Å². The number of halogens is 2. The summed E-state index contributed by atoms with van der Waals surface area (Å²) in [5, 5.41) is 5.92. The van der Waals surface area contributed by atoms with Crippen molar-refractivity contribution in [3.8, 4) is 11.5 Å². The maximum absolute atomic E-state index is 12.2. The van der Waals surface area contributed by atoms with Crippen molar-refractivity contribution in [3.05, 3.63) is 52.0 Å². The molecule has 0 aliphatic heterocycles. The molecule has 2 aromatic carbocycles. The first-order valence-corrected chi connectivity index (χ1v) is 8.50. The predicted octanol–water partition coefficient (Wildman–Crippen LogP) is 3.27. The van der Waals surface area contributed by atoms with Crippen molar-refractivity contribution in [1.29, 1.82) is 0 Å². The fourth-order valence-electron chi connectivity index (χ4n) is 2.38. The molecule has 0 unspecified atom stereocenters. The molecule has 2 aromatic rings. The molecule has 134 valence electrons. The number of anilines is 1. The summed E-state index contributed by atoms with van der Waals surface area (Å²) in [7, 11) is 3.12. The molecule has 0 aliphatic rings. The lowest BCUT2D eigenvalue weighted by molar-refractivity contribution is -0.682. The van der Waals surface area contributed by atoms with E-state index < -0.39 is 0 Å². The zero-order valence-corrected chi connectivity index (χ0v) is 15.8. The number of nitrogens with two attached hydrogens (primary N) is 1. The van der Waals surface area contributed by atoms with Crippen molar-refractivity contribution >= 4 is 34.8 Å². The Kier molecular flexibility index (Phi) is 6.93. The zero-order valence-electron chi connectivity index (χ0n) is 14.3. The number of nitrogens with one attached hydrogen (secondary N) is 1. The van der Waals surface area contributed by atoms with E-state index in [1.54, 1.807) is 44.6 Å². The van der Waals surface area contributed by atoms with Gasteiger partial charge in [-0.25, -0.2) is 0 Å². The summed E-state index contributed by atoms with van der Waals surface area (Å²) in [4.78, 5) is 12.2. The van der Waals surface area contributed by atoms with Crippen LogP contribution < -0.4 is 20.1 Å². The van der Waals surface area contributed by atoms with Crippen LogP contribution in [-0.2, 0) is 4.79 Å². The van der Waals surface area contributed by atoms with Crippen LogP contribution in [0.5, 0.6) is 11.5 Å². The molecule has 0 radical (unpaired) electrons. The molecule has 0 saturated carbocycles. The zero-order chi connectivity index (χ0) is 18.4. The lowest BCUT2D eigenvalue weighted by atomic mass is 10.1. The van der Waals surface area contributed by atoms with Gasteiger partial charge < -0.3 is 20.1 Å². The number of carbonyl (C=O) groups excluding carboxylic acids is 1. The summed E-state index contributed by atoms with van der Waals surface area (Å²) >= 11 is 12.1. The number of quaternary nitrogens is 1. The molecular weight excluding hydrogens is 363 g/mol. The molecule has 0 spiro atoms. The topological polar surface area (TPSA) is 64.2 Å². The first kappa shape index (κ1) is 19.4. The number of methoxy groups -OCH3 is 2. The van der Waals surface area contributed by atoms with Crippen LogP contribution in [0.1, 0.15) is 18.5 Å². The Labute approximate surface area is 157 Å². The van der Waals surface area contributed by atoms with E-state index in [0.29, 0.717) is 27.2 Å². The van der Waals surface area contributed by atoms with Gasteiger partial charge in [0.15, 0.2) is 6.54 Å². The van der Waals surface area contributed by atoms with E-state index in [-0.39, 0.29) is 18.5 Å². The molecule has 7 heteroatoms. The maximum atomic E-state index is 12.2. The van der Waals surface area contributed by atoms with Gasteiger partial charge in [-0.2, -0.15) is 0 Å². The molecule has 1 atom stereocenters. The van der Waals surface area contributed by atoms with Gasteiger partial charge in [0.25, 0.3) is 5.91 Å². The van der Waals surface area contributed by atoms with Crippen LogP contribution in [0, 0.1) is 0 Å². The molecule has 5 nitrogen and oxygen atoms in total. The Bertz CT molecular complexity index is 753. The van der Waals surface area contributed by atoms with E-state index in [0.717, 1.165) is 5.56 Å².